The lowest BCUT2D eigenvalue weighted by atomic mass is 10.0. The van der Waals surface area contributed by atoms with Gasteiger partial charge in [0, 0.05) is 29.4 Å². The number of benzene rings is 2. The molecule has 2 N–H and O–H groups in total. The lowest BCUT2D eigenvalue weighted by Crippen LogP contribution is -2.22. The first-order valence-electron chi connectivity index (χ1n) is 11.5. The van der Waals surface area contributed by atoms with Gasteiger partial charge >= 0.3 is 6.18 Å². The van der Waals surface area contributed by atoms with Crippen LogP contribution in [0, 0.1) is 13.8 Å². The average molecular weight is 535 g/mol. The Kier molecular flexibility index (Phi) is 6.34. The molecule has 0 bridgehead atoms. The number of alkyl halides is 3. The molecule has 2 aromatic carbocycles. The summed E-state index contributed by atoms with van der Waals surface area (Å²) in [5.41, 5.74) is 1.30. The molecule has 10 nitrogen and oxygen atoms in total. The summed E-state index contributed by atoms with van der Waals surface area (Å²) in [4.78, 5) is 39.1. The lowest BCUT2D eigenvalue weighted by molar-refractivity contribution is -0.137. The van der Waals surface area contributed by atoms with E-state index in [-0.39, 0.29) is 28.5 Å². The molecule has 13 heteroatoms. The van der Waals surface area contributed by atoms with Crippen molar-refractivity contribution >= 4 is 34.6 Å². The quantitative estimate of drug-likeness (QED) is 0.322. The Morgan fingerprint density at radius 3 is 2.54 bits per heavy atom. The Morgan fingerprint density at radius 1 is 1.03 bits per heavy atom. The van der Waals surface area contributed by atoms with Gasteiger partial charge in [0.05, 0.1) is 18.0 Å². The monoisotopic (exact) mass is 535 g/mol. The van der Waals surface area contributed by atoms with E-state index in [2.05, 4.69) is 30.7 Å². The smallest absolute Gasteiger partial charge is 0.338 e. The molecule has 0 atom stereocenters. The van der Waals surface area contributed by atoms with Crippen LogP contribution in [0.2, 0.25) is 0 Å². The first-order chi connectivity index (χ1) is 18.5. The van der Waals surface area contributed by atoms with Crippen LogP contribution in [0.3, 0.4) is 0 Å². The SMILES string of the molecule is Cc1ccc(NC(=O)c2cccc(C(F)(F)F)c2)cc1-c1nc2cnc(Nc3oncc3C)nc2n(C)c1=O. The van der Waals surface area contributed by atoms with E-state index in [9.17, 15) is 22.8 Å². The summed E-state index contributed by atoms with van der Waals surface area (Å²) in [6.07, 6.45) is -1.59. The predicted octanol–water partition coefficient (Wildman–Crippen LogP) is 5.01. The van der Waals surface area contributed by atoms with Crippen molar-refractivity contribution in [3.8, 4) is 11.3 Å². The summed E-state index contributed by atoms with van der Waals surface area (Å²) in [6, 6.07) is 8.91. The van der Waals surface area contributed by atoms with Crippen LogP contribution in [0.1, 0.15) is 27.0 Å². The molecule has 0 saturated heterocycles. The molecule has 39 heavy (non-hydrogen) atoms. The molecule has 5 aromatic rings. The molecule has 3 heterocycles. The van der Waals surface area contributed by atoms with Crippen molar-refractivity contribution < 1.29 is 22.5 Å². The van der Waals surface area contributed by atoms with Gasteiger partial charge in [0.15, 0.2) is 5.65 Å². The molecule has 0 aliphatic carbocycles. The van der Waals surface area contributed by atoms with Gasteiger partial charge in [-0.05, 0) is 49.7 Å². The Balaban J connectivity index is 1.48. The van der Waals surface area contributed by atoms with Crippen LogP contribution in [0.25, 0.3) is 22.4 Å². The number of aromatic nitrogens is 5. The maximum atomic E-state index is 13.3. The zero-order valence-electron chi connectivity index (χ0n) is 20.8. The van der Waals surface area contributed by atoms with Gasteiger partial charge in [-0.1, -0.05) is 17.3 Å². The van der Waals surface area contributed by atoms with Gasteiger partial charge < -0.3 is 9.84 Å². The third-order valence-electron chi connectivity index (χ3n) is 5.98. The lowest BCUT2D eigenvalue weighted by Gasteiger charge is -2.13. The highest BCUT2D eigenvalue weighted by atomic mass is 19.4. The van der Waals surface area contributed by atoms with E-state index < -0.39 is 23.2 Å². The van der Waals surface area contributed by atoms with Crippen molar-refractivity contribution in [2.45, 2.75) is 20.0 Å². The fraction of sp³-hybridized carbons (Fsp3) is 0.154. The van der Waals surface area contributed by atoms with Crippen molar-refractivity contribution in [3.05, 3.63) is 87.5 Å². The molecule has 1 amide bonds. The summed E-state index contributed by atoms with van der Waals surface area (Å²) in [5.74, 6) is -0.184. The minimum Gasteiger partial charge on any atom is -0.338 e. The van der Waals surface area contributed by atoms with Crippen molar-refractivity contribution in [3.63, 3.8) is 0 Å². The Morgan fingerprint density at radius 2 is 1.82 bits per heavy atom. The topological polar surface area (TPSA) is 128 Å². The normalized spacial score (nSPS) is 11.5. The number of nitrogens with zero attached hydrogens (tertiary/aromatic N) is 5. The predicted molar refractivity (Wildman–Crippen MR) is 137 cm³/mol. The van der Waals surface area contributed by atoms with Crippen LogP contribution in [-0.4, -0.2) is 30.6 Å². The Labute approximate surface area is 218 Å². The Hall–Kier alpha value is -5.07. The first-order valence-corrected chi connectivity index (χ1v) is 11.5. The number of amides is 1. The third kappa shape index (κ3) is 5.06. The molecule has 0 radical (unpaired) electrons. The van der Waals surface area contributed by atoms with Gasteiger partial charge in [-0.2, -0.15) is 18.2 Å². The fourth-order valence-corrected chi connectivity index (χ4v) is 3.86. The number of halogens is 3. The van der Waals surface area contributed by atoms with Gasteiger partial charge in [0.1, 0.15) is 11.2 Å². The number of carbonyl (C=O) groups excluding carboxylic acids is 1. The molecule has 0 unspecified atom stereocenters. The van der Waals surface area contributed by atoms with Crippen molar-refractivity contribution in [1.29, 1.82) is 0 Å². The second-order valence-electron chi connectivity index (χ2n) is 8.75. The largest absolute Gasteiger partial charge is 0.416 e. The molecule has 0 spiro atoms. The van der Waals surface area contributed by atoms with E-state index in [0.29, 0.717) is 22.5 Å². The summed E-state index contributed by atoms with van der Waals surface area (Å²) in [6.45, 7) is 3.56. The minimum atomic E-state index is -4.58. The third-order valence-corrected chi connectivity index (χ3v) is 5.98. The number of aryl methyl sites for hydroxylation is 3. The molecule has 0 fully saturated rings. The van der Waals surface area contributed by atoms with E-state index in [4.69, 9.17) is 4.52 Å². The van der Waals surface area contributed by atoms with Crippen molar-refractivity contribution in [2.24, 2.45) is 7.05 Å². The summed E-state index contributed by atoms with van der Waals surface area (Å²) in [7, 11) is 1.54. The van der Waals surface area contributed by atoms with Gasteiger partial charge in [-0.25, -0.2) is 9.97 Å². The number of anilines is 3. The van der Waals surface area contributed by atoms with Crippen molar-refractivity contribution in [1.82, 2.24) is 24.7 Å². The van der Waals surface area contributed by atoms with Crippen LogP contribution in [0.4, 0.5) is 30.7 Å². The van der Waals surface area contributed by atoms with Crippen LogP contribution >= 0.6 is 0 Å². The van der Waals surface area contributed by atoms with Gasteiger partial charge in [-0.15, -0.1) is 0 Å². The Bertz CT molecular complexity index is 1790. The molecular weight excluding hydrogens is 515 g/mol. The minimum absolute atomic E-state index is 0.0908. The van der Waals surface area contributed by atoms with Crippen LogP contribution < -0.4 is 16.2 Å². The molecule has 198 valence electrons. The zero-order chi connectivity index (χ0) is 27.9. The molecule has 0 saturated carbocycles. The van der Waals surface area contributed by atoms with E-state index >= 15 is 0 Å². The maximum Gasteiger partial charge on any atom is 0.416 e. The standard InChI is InChI=1S/C26H20F3N7O3/c1-13-7-8-17(32-22(37)15-5-4-6-16(9-15)26(27,28)29)10-18(13)20-24(38)36(3)21-19(33-20)12-30-25(34-21)35-23-14(2)11-31-39-23/h4-12H,1-3H3,(H,32,37)(H,30,34,35). The van der Waals surface area contributed by atoms with Gasteiger partial charge in [0.25, 0.3) is 11.5 Å². The van der Waals surface area contributed by atoms with E-state index in [1.165, 1.54) is 23.0 Å². The van der Waals surface area contributed by atoms with Gasteiger partial charge in [0.2, 0.25) is 11.8 Å². The summed E-state index contributed by atoms with van der Waals surface area (Å²) >= 11 is 0. The second-order valence-corrected chi connectivity index (χ2v) is 8.75. The van der Waals surface area contributed by atoms with Crippen molar-refractivity contribution in [2.75, 3.05) is 10.6 Å². The highest BCUT2D eigenvalue weighted by Crippen LogP contribution is 2.30. The highest BCUT2D eigenvalue weighted by Gasteiger charge is 2.31. The number of rotatable bonds is 5. The number of hydrogen-bond donors (Lipinski definition) is 2. The number of carbonyl (C=O) groups is 1. The number of hydrogen-bond acceptors (Lipinski definition) is 8. The average Bonchev–Trinajstić information content (AvgIpc) is 3.31. The molecule has 5 rings (SSSR count). The van der Waals surface area contributed by atoms with Crippen LogP contribution in [-0.2, 0) is 13.2 Å². The highest BCUT2D eigenvalue weighted by molar-refractivity contribution is 6.04. The van der Waals surface area contributed by atoms with E-state index in [0.717, 1.165) is 23.8 Å². The van der Waals surface area contributed by atoms with Gasteiger partial charge in [-0.3, -0.25) is 19.5 Å². The maximum absolute atomic E-state index is 13.3. The summed E-state index contributed by atoms with van der Waals surface area (Å²) in [5, 5.41) is 9.18. The van der Waals surface area contributed by atoms with Crippen LogP contribution in [0.5, 0.6) is 0 Å². The van der Waals surface area contributed by atoms with E-state index in [1.54, 1.807) is 39.1 Å². The number of fused-ring (bicyclic) bond motifs is 1. The molecule has 3 aromatic heterocycles. The number of nitrogens with one attached hydrogen (secondary N) is 2. The molecule has 0 aliphatic rings. The van der Waals surface area contributed by atoms with E-state index in [1.807, 2.05) is 0 Å². The first kappa shape index (κ1) is 25.6. The van der Waals surface area contributed by atoms with Crippen LogP contribution in [0.15, 0.2) is 64.2 Å². The molecular formula is C26H20F3N7O3. The zero-order valence-corrected chi connectivity index (χ0v) is 20.8. The molecule has 0 aliphatic heterocycles. The fourth-order valence-electron chi connectivity index (χ4n) is 3.86. The second kappa shape index (κ2) is 9.67. The summed E-state index contributed by atoms with van der Waals surface area (Å²) < 4.78 is 45.6.